The van der Waals surface area contributed by atoms with Crippen molar-refractivity contribution in [1.29, 1.82) is 0 Å². The standard InChI is InChI=1S/C34H47N3O5/c1-21-12-15-25(18-22(21)2)30(31(39)35-26-10-8-7-9-11-26)37(29-19-23(29)3)32(40)28(36-33(41)42-34(4,5)6)20-24-13-16-27(38)17-14-24/h12-18,23,26,28-30,38H,7-11,19-20H2,1-6H3,(H,35,39)(H,36,41). The minimum absolute atomic E-state index is 0.0848. The normalized spacial score (nSPS) is 20.2. The zero-order chi connectivity index (χ0) is 30.6. The van der Waals surface area contributed by atoms with Gasteiger partial charge in [0.25, 0.3) is 0 Å². The van der Waals surface area contributed by atoms with E-state index in [-0.39, 0.29) is 42.0 Å². The second-order valence-corrected chi connectivity index (χ2v) is 13.2. The van der Waals surface area contributed by atoms with E-state index in [0.29, 0.717) is 0 Å². The lowest BCUT2D eigenvalue weighted by atomic mass is 9.93. The van der Waals surface area contributed by atoms with Crippen LogP contribution in [-0.4, -0.2) is 51.6 Å². The van der Waals surface area contributed by atoms with Crippen molar-refractivity contribution in [3.63, 3.8) is 0 Å². The van der Waals surface area contributed by atoms with E-state index in [1.807, 2.05) is 32.0 Å². The van der Waals surface area contributed by atoms with Crippen molar-refractivity contribution in [2.24, 2.45) is 5.92 Å². The van der Waals surface area contributed by atoms with Crippen LogP contribution in [0.15, 0.2) is 42.5 Å². The lowest BCUT2D eigenvalue weighted by molar-refractivity contribution is -0.143. The maximum absolute atomic E-state index is 14.6. The molecular formula is C34H47N3O5. The molecule has 0 aliphatic heterocycles. The maximum atomic E-state index is 14.6. The van der Waals surface area contributed by atoms with E-state index < -0.39 is 23.8 Å². The van der Waals surface area contributed by atoms with Gasteiger partial charge in [-0.15, -0.1) is 0 Å². The van der Waals surface area contributed by atoms with Crippen LogP contribution in [-0.2, 0) is 20.7 Å². The van der Waals surface area contributed by atoms with Crippen molar-refractivity contribution >= 4 is 17.9 Å². The van der Waals surface area contributed by atoms with Crippen LogP contribution >= 0.6 is 0 Å². The molecule has 2 fully saturated rings. The quantitative estimate of drug-likeness (QED) is 0.345. The number of amides is 3. The van der Waals surface area contributed by atoms with E-state index in [2.05, 4.69) is 17.6 Å². The molecular weight excluding hydrogens is 530 g/mol. The molecule has 228 valence electrons. The number of ether oxygens (including phenoxy) is 1. The summed E-state index contributed by atoms with van der Waals surface area (Å²) in [5.74, 6) is -0.172. The monoisotopic (exact) mass is 577 g/mol. The van der Waals surface area contributed by atoms with E-state index in [9.17, 15) is 19.5 Å². The summed E-state index contributed by atoms with van der Waals surface area (Å²) in [5.41, 5.74) is 2.94. The minimum atomic E-state index is -0.978. The van der Waals surface area contributed by atoms with Crippen LogP contribution < -0.4 is 10.6 Å². The number of carbonyl (C=O) groups excluding carboxylic acids is 3. The summed E-state index contributed by atoms with van der Waals surface area (Å²) in [5, 5.41) is 15.9. The lowest BCUT2D eigenvalue weighted by Crippen LogP contribution is -2.55. The Bertz CT molecular complexity index is 1260. The smallest absolute Gasteiger partial charge is 0.408 e. The average molecular weight is 578 g/mol. The second-order valence-electron chi connectivity index (χ2n) is 13.2. The highest BCUT2D eigenvalue weighted by molar-refractivity contribution is 5.93. The van der Waals surface area contributed by atoms with Crippen LogP contribution in [0.3, 0.4) is 0 Å². The molecule has 8 heteroatoms. The number of hydrogen-bond donors (Lipinski definition) is 3. The van der Waals surface area contributed by atoms with Crippen molar-refractivity contribution in [2.75, 3.05) is 0 Å². The summed E-state index contributed by atoms with van der Waals surface area (Å²) >= 11 is 0. The summed E-state index contributed by atoms with van der Waals surface area (Å²) < 4.78 is 5.53. The average Bonchev–Trinajstić information content (AvgIpc) is 3.64. The molecule has 2 aliphatic rings. The third kappa shape index (κ3) is 8.26. The van der Waals surface area contributed by atoms with Gasteiger partial charge in [0.05, 0.1) is 0 Å². The van der Waals surface area contributed by atoms with E-state index in [4.69, 9.17) is 4.74 Å². The zero-order valence-corrected chi connectivity index (χ0v) is 25.9. The third-order valence-electron chi connectivity index (χ3n) is 8.37. The molecule has 0 saturated heterocycles. The Kier molecular flexibility index (Phi) is 9.85. The maximum Gasteiger partial charge on any atom is 0.408 e. The van der Waals surface area contributed by atoms with Crippen LogP contribution in [0.5, 0.6) is 5.75 Å². The summed E-state index contributed by atoms with van der Waals surface area (Å²) in [6.07, 6.45) is 5.46. The van der Waals surface area contributed by atoms with Crippen molar-refractivity contribution in [3.05, 3.63) is 64.7 Å². The lowest BCUT2D eigenvalue weighted by Gasteiger charge is -2.36. The third-order valence-corrected chi connectivity index (χ3v) is 8.37. The van der Waals surface area contributed by atoms with Crippen molar-refractivity contribution in [1.82, 2.24) is 15.5 Å². The Balaban J connectivity index is 1.72. The summed E-state index contributed by atoms with van der Waals surface area (Å²) in [6, 6.07) is 10.6. The van der Waals surface area contributed by atoms with Crippen LogP contribution in [0.4, 0.5) is 4.79 Å². The molecule has 0 bridgehead atoms. The van der Waals surface area contributed by atoms with Gasteiger partial charge in [0.15, 0.2) is 0 Å². The molecule has 0 aromatic heterocycles. The van der Waals surface area contributed by atoms with Crippen molar-refractivity contribution in [2.45, 2.75) is 116 Å². The highest BCUT2D eigenvalue weighted by atomic mass is 16.6. The molecule has 4 unspecified atom stereocenters. The molecule has 0 radical (unpaired) electrons. The predicted molar refractivity (Wildman–Crippen MR) is 163 cm³/mol. The van der Waals surface area contributed by atoms with Gasteiger partial charge >= 0.3 is 6.09 Å². The number of phenolic OH excluding ortho intramolecular Hbond substituents is 1. The van der Waals surface area contributed by atoms with Gasteiger partial charge in [-0.25, -0.2) is 4.79 Å². The number of hydrogen-bond acceptors (Lipinski definition) is 5. The molecule has 8 nitrogen and oxygen atoms in total. The topological polar surface area (TPSA) is 108 Å². The predicted octanol–water partition coefficient (Wildman–Crippen LogP) is 5.87. The number of nitrogens with one attached hydrogen (secondary N) is 2. The first kappa shape index (κ1) is 31.4. The molecule has 4 atom stereocenters. The number of benzene rings is 2. The van der Waals surface area contributed by atoms with E-state index >= 15 is 0 Å². The Morgan fingerprint density at radius 1 is 1.00 bits per heavy atom. The molecule has 2 saturated carbocycles. The van der Waals surface area contributed by atoms with Crippen molar-refractivity contribution in [3.8, 4) is 5.75 Å². The van der Waals surface area contributed by atoms with Gasteiger partial charge in [-0.3, -0.25) is 9.59 Å². The highest BCUT2D eigenvalue weighted by Crippen LogP contribution is 2.41. The van der Waals surface area contributed by atoms with Gasteiger partial charge in [0, 0.05) is 18.5 Å². The number of aryl methyl sites for hydroxylation is 2. The molecule has 42 heavy (non-hydrogen) atoms. The molecule has 3 amide bonds. The van der Waals surface area contributed by atoms with Gasteiger partial charge in [0.1, 0.15) is 23.4 Å². The number of aromatic hydroxyl groups is 1. The Hall–Kier alpha value is -3.55. The van der Waals surface area contributed by atoms with Crippen LogP contribution in [0.1, 0.15) is 94.5 Å². The van der Waals surface area contributed by atoms with E-state index in [1.54, 1.807) is 49.9 Å². The summed E-state index contributed by atoms with van der Waals surface area (Å²) in [6.45, 7) is 11.4. The Morgan fingerprint density at radius 3 is 2.21 bits per heavy atom. The summed E-state index contributed by atoms with van der Waals surface area (Å²) in [7, 11) is 0. The Labute approximate surface area is 250 Å². The Morgan fingerprint density at radius 2 is 1.64 bits per heavy atom. The fraction of sp³-hybridized carbons (Fsp3) is 0.559. The fourth-order valence-electron chi connectivity index (χ4n) is 5.77. The van der Waals surface area contributed by atoms with Gasteiger partial charge in [-0.05, 0) is 94.2 Å². The van der Waals surface area contributed by atoms with Crippen LogP contribution in [0, 0.1) is 19.8 Å². The molecule has 4 rings (SSSR count). The van der Waals surface area contributed by atoms with Gasteiger partial charge in [0.2, 0.25) is 11.8 Å². The number of alkyl carbamates (subject to hydrolysis) is 1. The SMILES string of the molecule is Cc1ccc(C(C(=O)NC2CCCCC2)N(C(=O)C(Cc2ccc(O)cc2)NC(=O)OC(C)(C)C)C2CC2C)cc1C. The van der Waals surface area contributed by atoms with Gasteiger partial charge in [-0.1, -0.05) is 56.5 Å². The van der Waals surface area contributed by atoms with E-state index in [0.717, 1.165) is 54.4 Å². The zero-order valence-electron chi connectivity index (χ0n) is 25.9. The molecule has 0 heterocycles. The number of phenols is 1. The van der Waals surface area contributed by atoms with Crippen LogP contribution in [0.25, 0.3) is 0 Å². The first-order valence-electron chi connectivity index (χ1n) is 15.3. The van der Waals surface area contributed by atoms with E-state index in [1.165, 1.54) is 6.42 Å². The molecule has 2 aromatic rings. The molecule has 2 aromatic carbocycles. The number of nitrogens with zero attached hydrogens (tertiary/aromatic N) is 1. The molecule has 0 spiro atoms. The molecule has 3 N–H and O–H groups in total. The molecule has 2 aliphatic carbocycles. The largest absolute Gasteiger partial charge is 0.508 e. The number of carbonyl (C=O) groups is 3. The summed E-state index contributed by atoms with van der Waals surface area (Å²) in [4.78, 5) is 43.5. The second kappa shape index (κ2) is 13.2. The first-order valence-corrected chi connectivity index (χ1v) is 15.3. The van der Waals surface area contributed by atoms with Crippen LogP contribution in [0.2, 0.25) is 0 Å². The number of rotatable bonds is 9. The first-order chi connectivity index (χ1) is 19.8. The fourth-order valence-corrected chi connectivity index (χ4v) is 5.77. The van der Waals surface area contributed by atoms with Gasteiger partial charge < -0.3 is 25.4 Å². The van der Waals surface area contributed by atoms with Crippen molar-refractivity contribution < 1.29 is 24.2 Å². The minimum Gasteiger partial charge on any atom is -0.508 e. The highest BCUT2D eigenvalue weighted by Gasteiger charge is 2.48. The van der Waals surface area contributed by atoms with Gasteiger partial charge in [-0.2, -0.15) is 0 Å².